The molecule has 0 amide bonds. The van der Waals surface area contributed by atoms with Gasteiger partial charge < -0.3 is 5.32 Å². The Bertz CT molecular complexity index is 875. The fourth-order valence-electron chi connectivity index (χ4n) is 3.59. The second-order valence-electron chi connectivity index (χ2n) is 6.86. The third kappa shape index (κ3) is 3.07. The molecule has 0 bridgehead atoms. The summed E-state index contributed by atoms with van der Waals surface area (Å²) in [6.07, 6.45) is 4.55. The zero-order chi connectivity index (χ0) is 17.2. The van der Waals surface area contributed by atoms with Gasteiger partial charge in [-0.2, -0.15) is 5.10 Å². The van der Waals surface area contributed by atoms with Crippen molar-refractivity contribution in [3.05, 3.63) is 65.2 Å². The van der Waals surface area contributed by atoms with Crippen molar-refractivity contribution in [2.75, 3.05) is 11.9 Å². The summed E-state index contributed by atoms with van der Waals surface area (Å²) in [7, 11) is 0. The van der Waals surface area contributed by atoms with Crippen LogP contribution in [0.5, 0.6) is 0 Å². The second-order valence-corrected chi connectivity index (χ2v) is 6.86. The molecule has 0 fully saturated rings. The smallest absolute Gasteiger partial charge is 0.133 e. The summed E-state index contributed by atoms with van der Waals surface area (Å²) in [4.78, 5) is 0. The number of hydrogen-bond donors (Lipinski definition) is 1. The molecule has 25 heavy (non-hydrogen) atoms. The molecule has 3 aromatic rings. The zero-order valence-electron chi connectivity index (χ0n) is 15.0. The molecule has 3 nitrogen and oxygen atoms in total. The first-order valence-corrected chi connectivity index (χ1v) is 9.28. The summed E-state index contributed by atoms with van der Waals surface area (Å²) in [5.74, 6) is 1.17. The lowest BCUT2D eigenvalue weighted by molar-refractivity contribution is 0.780. The maximum atomic E-state index is 5.02. The van der Waals surface area contributed by atoms with E-state index in [0.717, 1.165) is 30.8 Å². The molecule has 128 valence electrons. The Labute approximate surface area is 149 Å². The Balaban J connectivity index is 1.86. The van der Waals surface area contributed by atoms with E-state index in [-0.39, 0.29) is 0 Å². The van der Waals surface area contributed by atoms with Crippen molar-refractivity contribution in [1.29, 1.82) is 0 Å². The van der Waals surface area contributed by atoms with Crippen LogP contribution in [0.2, 0.25) is 0 Å². The van der Waals surface area contributed by atoms with Crippen LogP contribution in [0.1, 0.15) is 36.5 Å². The van der Waals surface area contributed by atoms with Crippen LogP contribution in [0, 0.1) is 6.92 Å². The lowest BCUT2D eigenvalue weighted by atomic mass is 10.0. The number of fused-ring (bicyclic) bond motifs is 1. The highest BCUT2D eigenvalue weighted by Crippen LogP contribution is 2.34. The summed E-state index contributed by atoms with van der Waals surface area (Å²) in [6.45, 7) is 5.34. The molecule has 1 aliphatic heterocycles. The first-order chi connectivity index (χ1) is 12.3. The number of aryl methyl sites for hydroxylation is 2. The van der Waals surface area contributed by atoms with Crippen LogP contribution in [0.15, 0.2) is 48.5 Å². The minimum atomic E-state index is 1.01. The van der Waals surface area contributed by atoms with Crippen molar-refractivity contribution >= 4 is 5.82 Å². The highest BCUT2D eigenvalue weighted by Gasteiger charge is 2.21. The quantitative estimate of drug-likeness (QED) is 0.718. The van der Waals surface area contributed by atoms with Crippen molar-refractivity contribution < 1.29 is 0 Å². The van der Waals surface area contributed by atoms with E-state index in [1.54, 1.807) is 0 Å². The number of aromatic nitrogens is 2. The van der Waals surface area contributed by atoms with Crippen LogP contribution in [0.4, 0.5) is 5.82 Å². The number of nitrogens with one attached hydrogen (secondary N) is 1. The van der Waals surface area contributed by atoms with E-state index in [0.29, 0.717) is 0 Å². The first-order valence-electron chi connectivity index (χ1n) is 9.28. The van der Waals surface area contributed by atoms with Gasteiger partial charge in [0, 0.05) is 17.7 Å². The van der Waals surface area contributed by atoms with Gasteiger partial charge in [-0.3, -0.25) is 0 Å². The molecule has 2 heterocycles. The van der Waals surface area contributed by atoms with Crippen LogP contribution in [0.3, 0.4) is 0 Å². The molecular formula is C22H25N3. The Morgan fingerprint density at radius 2 is 1.92 bits per heavy atom. The van der Waals surface area contributed by atoms with Gasteiger partial charge in [0.25, 0.3) is 0 Å². The van der Waals surface area contributed by atoms with Crippen molar-refractivity contribution in [1.82, 2.24) is 9.78 Å². The molecule has 0 saturated heterocycles. The van der Waals surface area contributed by atoms with E-state index in [1.807, 2.05) is 0 Å². The van der Waals surface area contributed by atoms with Gasteiger partial charge >= 0.3 is 0 Å². The maximum Gasteiger partial charge on any atom is 0.133 e. The SMILES string of the molecule is CCc1ccc(-n2nc(-c3cccc(C)c3)c3c2NCCCC3)cc1. The molecule has 0 atom stereocenters. The molecule has 2 aromatic carbocycles. The summed E-state index contributed by atoms with van der Waals surface area (Å²) >= 11 is 0. The molecule has 0 unspecified atom stereocenters. The van der Waals surface area contributed by atoms with E-state index in [9.17, 15) is 0 Å². The third-order valence-electron chi connectivity index (χ3n) is 5.01. The molecule has 1 N–H and O–H groups in total. The lowest BCUT2D eigenvalue weighted by Gasteiger charge is -2.09. The second kappa shape index (κ2) is 6.75. The zero-order valence-corrected chi connectivity index (χ0v) is 15.0. The predicted octanol–water partition coefficient (Wildman–Crippen LogP) is 5.16. The monoisotopic (exact) mass is 331 g/mol. The van der Waals surface area contributed by atoms with Crippen LogP contribution in [0.25, 0.3) is 16.9 Å². The standard InChI is InChI=1S/C22H25N3/c1-3-17-10-12-19(13-11-17)25-22-20(9-4-5-14-23-22)21(24-25)18-8-6-7-16(2)15-18/h6-8,10-13,15,23H,3-5,9,14H2,1-2H3. The molecule has 3 heteroatoms. The average Bonchev–Trinajstić information content (AvgIpc) is 2.83. The summed E-state index contributed by atoms with van der Waals surface area (Å²) in [6, 6.07) is 17.4. The van der Waals surface area contributed by atoms with Crippen LogP contribution < -0.4 is 5.32 Å². The van der Waals surface area contributed by atoms with Crippen molar-refractivity contribution in [3.8, 4) is 16.9 Å². The molecule has 1 aliphatic rings. The molecule has 0 aliphatic carbocycles. The molecular weight excluding hydrogens is 306 g/mol. The summed E-state index contributed by atoms with van der Waals surface area (Å²) < 4.78 is 2.09. The number of rotatable bonds is 3. The minimum Gasteiger partial charge on any atom is -0.370 e. The highest BCUT2D eigenvalue weighted by atomic mass is 15.3. The van der Waals surface area contributed by atoms with Crippen LogP contribution >= 0.6 is 0 Å². The van der Waals surface area contributed by atoms with Gasteiger partial charge in [0.05, 0.1) is 11.4 Å². The largest absolute Gasteiger partial charge is 0.370 e. The number of anilines is 1. The Hall–Kier alpha value is -2.55. The van der Waals surface area contributed by atoms with E-state index >= 15 is 0 Å². The van der Waals surface area contributed by atoms with E-state index in [4.69, 9.17) is 5.10 Å². The number of nitrogens with zero attached hydrogens (tertiary/aromatic N) is 2. The Morgan fingerprint density at radius 3 is 2.68 bits per heavy atom. The van der Waals surface area contributed by atoms with Gasteiger partial charge in [0.15, 0.2) is 0 Å². The fourth-order valence-corrected chi connectivity index (χ4v) is 3.59. The molecule has 0 saturated carbocycles. The van der Waals surface area contributed by atoms with Crippen molar-refractivity contribution in [2.24, 2.45) is 0 Å². The van der Waals surface area contributed by atoms with Gasteiger partial charge in [-0.1, -0.05) is 42.8 Å². The molecule has 4 rings (SSSR count). The maximum absolute atomic E-state index is 5.02. The Morgan fingerprint density at radius 1 is 1.08 bits per heavy atom. The fraction of sp³-hybridized carbons (Fsp3) is 0.318. The first kappa shape index (κ1) is 15.9. The van der Waals surface area contributed by atoms with Gasteiger partial charge in [-0.15, -0.1) is 0 Å². The van der Waals surface area contributed by atoms with Gasteiger partial charge in [-0.05, 0) is 56.4 Å². The van der Waals surface area contributed by atoms with E-state index in [2.05, 4.69) is 72.4 Å². The third-order valence-corrected chi connectivity index (χ3v) is 5.01. The topological polar surface area (TPSA) is 29.9 Å². The van der Waals surface area contributed by atoms with Crippen molar-refractivity contribution in [3.63, 3.8) is 0 Å². The number of hydrogen-bond acceptors (Lipinski definition) is 2. The lowest BCUT2D eigenvalue weighted by Crippen LogP contribution is -2.07. The minimum absolute atomic E-state index is 1.01. The Kier molecular flexibility index (Phi) is 4.31. The van der Waals surface area contributed by atoms with Gasteiger partial charge in [0.2, 0.25) is 0 Å². The normalized spacial score (nSPS) is 13.8. The summed E-state index contributed by atoms with van der Waals surface area (Å²) in [5, 5.41) is 8.65. The number of benzene rings is 2. The van der Waals surface area contributed by atoms with Gasteiger partial charge in [0.1, 0.15) is 5.82 Å². The highest BCUT2D eigenvalue weighted by molar-refractivity contribution is 5.71. The van der Waals surface area contributed by atoms with E-state index < -0.39 is 0 Å². The van der Waals surface area contributed by atoms with E-state index in [1.165, 1.54) is 40.9 Å². The predicted molar refractivity (Wildman–Crippen MR) is 105 cm³/mol. The van der Waals surface area contributed by atoms with Crippen LogP contribution in [-0.2, 0) is 12.8 Å². The van der Waals surface area contributed by atoms with Gasteiger partial charge in [-0.25, -0.2) is 4.68 Å². The summed E-state index contributed by atoms with van der Waals surface area (Å²) in [5.41, 5.74) is 7.43. The molecule has 0 radical (unpaired) electrons. The molecule has 0 spiro atoms. The average molecular weight is 331 g/mol. The van der Waals surface area contributed by atoms with Crippen molar-refractivity contribution in [2.45, 2.75) is 39.5 Å². The van der Waals surface area contributed by atoms with Crippen LogP contribution in [-0.4, -0.2) is 16.3 Å². The molecule has 1 aromatic heterocycles.